The van der Waals surface area contributed by atoms with E-state index >= 15 is 0 Å². The molecule has 0 aromatic heterocycles. The molecule has 1 aliphatic rings. The molecule has 110 valence electrons. The number of methoxy groups -OCH3 is 1. The number of halogens is 1. The molecular formula is C16H22BrNO2. The Bertz CT molecular complexity index is 491. The number of nitrogens with one attached hydrogen (secondary N) is 1. The molecule has 0 saturated heterocycles. The molecular weight excluding hydrogens is 318 g/mol. The molecule has 2 rings (SSSR count). The van der Waals surface area contributed by atoms with Crippen LogP contribution in [-0.4, -0.2) is 19.8 Å². The van der Waals surface area contributed by atoms with Gasteiger partial charge in [0.1, 0.15) is 6.61 Å². The van der Waals surface area contributed by atoms with Gasteiger partial charge in [0.2, 0.25) is 0 Å². The molecule has 1 aromatic rings. The average Bonchev–Trinajstić information content (AvgIpc) is 3.22. The Balaban J connectivity index is 2.07. The van der Waals surface area contributed by atoms with Crippen molar-refractivity contribution in [1.82, 2.24) is 5.32 Å². The highest BCUT2D eigenvalue weighted by Crippen LogP contribution is 2.37. The first kappa shape index (κ1) is 15.4. The largest absolute Gasteiger partial charge is 0.493 e. The van der Waals surface area contributed by atoms with E-state index < -0.39 is 0 Å². The molecule has 0 spiro atoms. The van der Waals surface area contributed by atoms with Crippen molar-refractivity contribution >= 4 is 15.9 Å². The van der Waals surface area contributed by atoms with Gasteiger partial charge in [0.05, 0.1) is 11.6 Å². The van der Waals surface area contributed by atoms with Crippen LogP contribution >= 0.6 is 15.9 Å². The highest BCUT2D eigenvalue weighted by Gasteiger charge is 2.20. The Morgan fingerprint density at radius 2 is 2.15 bits per heavy atom. The molecule has 1 aliphatic carbocycles. The number of hydrogen-bond acceptors (Lipinski definition) is 3. The number of allylic oxidation sites excluding steroid dienone is 1. The average molecular weight is 340 g/mol. The first-order valence-corrected chi connectivity index (χ1v) is 7.75. The van der Waals surface area contributed by atoms with Crippen LogP contribution in [0.4, 0.5) is 0 Å². The van der Waals surface area contributed by atoms with Crippen LogP contribution in [0, 0.1) is 0 Å². The Labute approximate surface area is 129 Å². The lowest BCUT2D eigenvalue weighted by Crippen LogP contribution is -2.15. The molecule has 0 radical (unpaired) electrons. The highest BCUT2D eigenvalue weighted by atomic mass is 79.9. The summed E-state index contributed by atoms with van der Waals surface area (Å²) in [6, 6.07) is 4.83. The SMILES string of the molecule is COc1cc(CNC2CC2)cc(Br)c1OCC=C(C)C. The quantitative estimate of drug-likeness (QED) is 0.760. The second-order valence-corrected chi connectivity index (χ2v) is 6.21. The molecule has 20 heavy (non-hydrogen) atoms. The lowest BCUT2D eigenvalue weighted by atomic mass is 10.2. The van der Waals surface area contributed by atoms with Crippen molar-refractivity contribution in [3.63, 3.8) is 0 Å². The second-order valence-electron chi connectivity index (χ2n) is 5.36. The summed E-state index contributed by atoms with van der Waals surface area (Å²) < 4.78 is 12.2. The number of hydrogen-bond donors (Lipinski definition) is 1. The van der Waals surface area contributed by atoms with Gasteiger partial charge in [0.15, 0.2) is 11.5 Å². The van der Waals surface area contributed by atoms with Crippen molar-refractivity contribution in [1.29, 1.82) is 0 Å². The summed E-state index contributed by atoms with van der Waals surface area (Å²) in [4.78, 5) is 0. The predicted molar refractivity (Wildman–Crippen MR) is 85.5 cm³/mol. The fourth-order valence-electron chi connectivity index (χ4n) is 1.86. The fraction of sp³-hybridized carbons (Fsp3) is 0.500. The van der Waals surface area contributed by atoms with Crippen molar-refractivity contribution in [2.24, 2.45) is 0 Å². The highest BCUT2D eigenvalue weighted by molar-refractivity contribution is 9.10. The van der Waals surface area contributed by atoms with Gasteiger partial charge in [-0.1, -0.05) is 5.57 Å². The minimum Gasteiger partial charge on any atom is -0.493 e. The van der Waals surface area contributed by atoms with E-state index in [4.69, 9.17) is 9.47 Å². The zero-order valence-electron chi connectivity index (χ0n) is 12.3. The molecule has 4 heteroatoms. The third-order valence-corrected chi connectivity index (χ3v) is 3.77. The summed E-state index contributed by atoms with van der Waals surface area (Å²) in [7, 11) is 1.67. The molecule has 0 amide bonds. The monoisotopic (exact) mass is 339 g/mol. The van der Waals surface area contributed by atoms with Gasteiger partial charge < -0.3 is 14.8 Å². The van der Waals surface area contributed by atoms with E-state index in [1.54, 1.807) is 7.11 Å². The van der Waals surface area contributed by atoms with Crippen molar-refractivity contribution in [2.75, 3.05) is 13.7 Å². The Morgan fingerprint density at radius 3 is 2.75 bits per heavy atom. The van der Waals surface area contributed by atoms with E-state index in [1.165, 1.54) is 24.0 Å². The molecule has 0 bridgehead atoms. The molecule has 0 atom stereocenters. The molecule has 1 aromatic carbocycles. The van der Waals surface area contributed by atoms with Gasteiger partial charge >= 0.3 is 0 Å². The van der Waals surface area contributed by atoms with Crippen molar-refractivity contribution in [2.45, 2.75) is 39.3 Å². The summed E-state index contributed by atoms with van der Waals surface area (Å²) in [5.41, 5.74) is 2.44. The van der Waals surface area contributed by atoms with E-state index in [0.29, 0.717) is 12.6 Å². The summed E-state index contributed by atoms with van der Waals surface area (Å²) >= 11 is 3.58. The maximum absolute atomic E-state index is 5.79. The Kier molecular flexibility index (Phi) is 5.49. The van der Waals surface area contributed by atoms with Crippen LogP contribution in [-0.2, 0) is 6.54 Å². The van der Waals surface area contributed by atoms with Crippen LogP contribution in [0.5, 0.6) is 11.5 Å². The van der Waals surface area contributed by atoms with E-state index in [9.17, 15) is 0 Å². The van der Waals surface area contributed by atoms with Gasteiger partial charge in [0.25, 0.3) is 0 Å². The van der Waals surface area contributed by atoms with Gasteiger partial charge in [-0.3, -0.25) is 0 Å². The van der Waals surface area contributed by atoms with Crippen LogP contribution in [0.3, 0.4) is 0 Å². The van der Waals surface area contributed by atoms with Gasteiger partial charge in [-0.2, -0.15) is 0 Å². The fourth-order valence-corrected chi connectivity index (χ4v) is 2.46. The second kappa shape index (κ2) is 7.14. The first-order chi connectivity index (χ1) is 9.60. The molecule has 3 nitrogen and oxygen atoms in total. The smallest absolute Gasteiger partial charge is 0.175 e. The maximum atomic E-state index is 5.79. The van der Waals surface area contributed by atoms with E-state index in [-0.39, 0.29) is 0 Å². The van der Waals surface area contributed by atoms with Gasteiger partial charge in [0, 0.05) is 12.6 Å². The minimum absolute atomic E-state index is 0.553. The lowest BCUT2D eigenvalue weighted by Gasteiger charge is -2.14. The summed E-state index contributed by atoms with van der Waals surface area (Å²) in [6.45, 7) is 5.54. The predicted octanol–water partition coefficient (Wildman–Crippen LogP) is 4.05. The summed E-state index contributed by atoms with van der Waals surface area (Å²) in [5.74, 6) is 1.54. The standard InChI is InChI=1S/C16H22BrNO2/c1-11(2)6-7-20-16-14(17)8-12(9-15(16)19-3)10-18-13-4-5-13/h6,8-9,13,18H,4-5,7,10H2,1-3H3. The molecule has 0 aliphatic heterocycles. The normalized spacial score (nSPS) is 14.0. The first-order valence-electron chi connectivity index (χ1n) is 6.96. The summed E-state index contributed by atoms with van der Waals surface area (Å²) in [5, 5.41) is 3.50. The van der Waals surface area contributed by atoms with Crippen LogP contribution in [0.1, 0.15) is 32.3 Å². The third kappa shape index (κ3) is 4.53. The van der Waals surface area contributed by atoms with E-state index in [0.717, 1.165) is 22.5 Å². The van der Waals surface area contributed by atoms with Crippen LogP contribution in [0.25, 0.3) is 0 Å². The number of ether oxygens (including phenoxy) is 2. The molecule has 0 heterocycles. The zero-order chi connectivity index (χ0) is 14.5. The topological polar surface area (TPSA) is 30.5 Å². The molecule has 1 fully saturated rings. The Hall–Kier alpha value is -1.00. The van der Waals surface area contributed by atoms with Crippen molar-refractivity contribution < 1.29 is 9.47 Å². The van der Waals surface area contributed by atoms with Gasteiger partial charge in [-0.15, -0.1) is 0 Å². The molecule has 0 unspecified atom stereocenters. The lowest BCUT2D eigenvalue weighted by molar-refractivity contribution is 0.323. The van der Waals surface area contributed by atoms with Crippen molar-refractivity contribution in [3.8, 4) is 11.5 Å². The van der Waals surface area contributed by atoms with Crippen LogP contribution < -0.4 is 14.8 Å². The summed E-state index contributed by atoms with van der Waals surface area (Å²) in [6.07, 6.45) is 4.64. The van der Waals surface area contributed by atoms with Crippen LogP contribution in [0.2, 0.25) is 0 Å². The zero-order valence-corrected chi connectivity index (χ0v) is 13.9. The van der Waals surface area contributed by atoms with E-state index in [1.807, 2.05) is 6.07 Å². The van der Waals surface area contributed by atoms with Gasteiger partial charge in [-0.05, 0) is 66.4 Å². The minimum atomic E-state index is 0.553. The van der Waals surface area contributed by atoms with Crippen molar-refractivity contribution in [3.05, 3.63) is 33.8 Å². The van der Waals surface area contributed by atoms with Gasteiger partial charge in [-0.25, -0.2) is 0 Å². The van der Waals surface area contributed by atoms with E-state index in [2.05, 4.69) is 47.2 Å². The number of benzene rings is 1. The number of rotatable bonds is 7. The maximum Gasteiger partial charge on any atom is 0.175 e. The Morgan fingerprint density at radius 1 is 1.40 bits per heavy atom. The third-order valence-electron chi connectivity index (χ3n) is 3.18. The molecule has 1 saturated carbocycles. The van der Waals surface area contributed by atoms with Crippen LogP contribution in [0.15, 0.2) is 28.3 Å². The molecule has 1 N–H and O–H groups in total.